The lowest BCUT2D eigenvalue weighted by Gasteiger charge is -2.16. The van der Waals surface area contributed by atoms with Crippen LogP contribution in [0.3, 0.4) is 0 Å². The predicted octanol–water partition coefficient (Wildman–Crippen LogP) is 0.790. The molecule has 0 aromatic rings. The van der Waals surface area contributed by atoms with E-state index in [0.717, 1.165) is 0 Å². The van der Waals surface area contributed by atoms with Crippen molar-refractivity contribution in [1.82, 2.24) is 5.32 Å². The van der Waals surface area contributed by atoms with Crippen molar-refractivity contribution in [2.45, 2.75) is 18.7 Å². The summed E-state index contributed by atoms with van der Waals surface area (Å²) in [7, 11) is 0. The standard InChI is InChI=1S/C4H5F4NO/c5-2-1-10-4(8,9-2)3(6)7/h2-3,9H,1H2/t2-,4+/m0/s1. The fourth-order valence-electron chi connectivity index (χ4n) is 0.617. The molecule has 0 saturated carbocycles. The van der Waals surface area contributed by atoms with Gasteiger partial charge in [0, 0.05) is 0 Å². The molecule has 10 heavy (non-hydrogen) atoms. The Kier molecular flexibility index (Phi) is 1.82. The molecule has 0 aromatic carbocycles. The Bertz CT molecular complexity index is 132. The lowest BCUT2D eigenvalue weighted by molar-refractivity contribution is -0.206. The van der Waals surface area contributed by atoms with Crippen molar-refractivity contribution in [3.8, 4) is 0 Å². The number of hydrogen-bond acceptors (Lipinski definition) is 2. The Morgan fingerprint density at radius 2 is 2.20 bits per heavy atom. The first kappa shape index (κ1) is 7.74. The molecule has 1 aliphatic heterocycles. The Balaban J connectivity index is 2.54. The van der Waals surface area contributed by atoms with Gasteiger partial charge in [0.2, 0.25) is 0 Å². The number of hydrogen-bond donors (Lipinski definition) is 1. The highest BCUT2D eigenvalue weighted by Gasteiger charge is 2.48. The van der Waals surface area contributed by atoms with Crippen molar-refractivity contribution in [2.75, 3.05) is 6.61 Å². The molecule has 1 aliphatic rings. The van der Waals surface area contributed by atoms with Crippen LogP contribution in [0.25, 0.3) is 0 Å². The van der Waals surface area contributed by atoms with Crippen LogP contribution in [0, 0.1) is 0 Å². The van der Waals surface area contributed by atoms with Gasteiger partial charge in [-0.05, 0) is 0 Å². The average Bonchev–Trinajstić information content (AvgIpc) is 2.13. The average molecular weight is 159 g/mol. The molecule has 0 radical (unpaired) electrons. The van der Waals surface area contributed by atoms with Crippen molar-refractivity contribution >= 4 is 0 Å². The van der Waals surface area contributed by atoms with Crippen LogP contribution in [-0.4, -0.2) is 25.3 Å². The number of rotatable bonds is 1. The van der Waals surface area contributed by atoms with E-state index in [1.807, 2.05) is 0 Å². The minimum Gasteiger partial charge on any atom is -0.325 e. The van der Waals surface area contributed by atoms with Gasteiger partial charge in [-0.1, -0.05) is 0 Å². The Labute approximate surface area is 54.2 Å². The second-order valence-electron chi connectivity index (χ2n) is 1.87. The number of ether oxygens (including phenoxy) is 1. The monoisotopic (exact) mass is 159 g/mol. The van der Waals surface area contributed by atoms with Gasteiger partial charge >= 0.3 is 12.4 Å². The number of nitrogens with one attached hydrogen (secondary N) is 1. The van der Waals surface area contributed by atoms with Gasteiger partial charge in [0.1, 0.15) is 0 Å². The molecule has 0 amide bonds. The van der Waals surface area contributed by atoms with E-state index in [4.69, 9.17) is 0 Å². The molecule has 2 atom stereocenters. The van der Waals surface area contributed by atoms with Gasteiger partial charge in [-0.2, -0.15) is 4.39 Å². The van der Waals surface area contributed by atoms with Crippen molar-refractivity contribution in [1.29, 1.82) is 0 Å². The molecular formula is C4H5F4NO. The molecule has 0 unspecified atom stereocenters. The maximum Gasteiger partial charge on any atom is 0.330 e. The van der Waals surface area contributed by atoms with E-state index in [2.05, 4.69) is 4.74 Å². The van der Waals surface area contributed by atoms with Crippen LogP contribution in [-0.2, 0) is 4.74 Å². The van der Waals surface area contributed by atoms with Crippen LogP contribution >= 0.6 is 0 Å². The second kappa shape index (κ2) is 2.35. The molecule has 60 valence electrons. The highest BCUT2D eigenvalue weighted by atomic mass is 19.3. The molecule has 1 N–H and O–H groups in total. The Hall–Kier alpha value is -0.360. The summed E-state index contributed by atoms with van der Waals surface area (Å²) in [6.07, 6.45) is -5.22. The topological polar surface area (TPSA) is 21.3 Å². The summed E-state index contributed by atoms with van der Waals surface area (Å²) in [5.74, 6) is -3.29. The third-order valence-electron chi connectivity index (χ3n) is 1.07. The van der Waals surface area contributed by atoms with Gasteiger partial charge < -0.3 is 4.74 Å². The summed E-state index contributed by atoms with van der Waals surface area (Å²) >= 11 is 0. The number of halogens is 4. The fourth-order valence-corrected chi connectivity index (χ4v) is 0.617. The van der Waals surface area contributed by atoms with E-state index in [1.165, 1.54) is 5.32 Å². The van der Waals surface area contributed by atoms with Gasteiger partial charge in [0.25, 0.3) is 0 Å². The third kappa shape index (κ3) is 1.22. The molecule has 1 fully saturated rings. The van der Waals surface area contributed by atoms with Crippen LogP contribution in [0.1, 0.15) is 0 Å². The van der Waals surface area contributed by atoms with Crippen molar-refractivity contribution in [3.05, 3.63) is 0 Å². The van der Waals surface area contributed by atoms with Crippen LogP contribution in [0.2, 0.25) is 0 Å². The summed E-state index contributed by atoms with van der Waals surface area (Å²) in [5, 5.41) is 1.32. The largest absolute Gasteiger partial charge is 0.330 e. The fraction of sp³-hybridized carbons (Fsp3) is 1.00. The molecule has 0 spiro atoms. The molecule has 6 heteroatoms. The summed E-state index contributed by atoms with van der Waals surface area (Å²) in [4.78, 5) is 0. The van der Waals surface area contributed by atoms with Crippen LogP contribution in [0.5, 0.6) is 0 Å². The summed E-state index contributed by atoms with van der Waals surface area (Å²) in [6, 6.07) is 0. The second-order valence-corrected chi connectivity index (χ2v) is 1.87. The van der Waals surface area contributed by atoms with Gasteiger partial charge in [0.15, 0.2) is 6.30 Å². The minimum absolute atomic E-state index is 0.680. The minimum atomic E-state index is -3.37. The van der Waals surface area contributed by atoms with E-state index in [-0.39, 0.29) is 0 Å². The zero-order chi connectivity index (χ0) is 7.78. The van der Waals surface area contributed by atoms with E-state index >= 15 is 0 Å². The lowest BCUT2D eigenvalue weighted by atomic mass is 10.5. The molecule has 0 aliphatic carbocycles. The van der Waals surface area contributed by atoms with E-state index in [0.29, 0.717) is 0 Å². The van der Waals surface area contributed by atoms with Crippen LogP contribution in [0.4, 0.5) is 17.6 Å². The zero-order valence-electron chi connectivity index (χ0n) is 4.78. The van der Waals surface area contributed by atoms with E-state index < -0.39 is 25.3 Å². The smallest absolute Gasteiger partial charge is 0.325 e. The molecule has 1 heterocycles. The predicted molar refractivity (Wildman–Crippen MR) is 23.8 cm³/mol. The first-order chi connectivity index (χ1) is 4.54. The van der Waals surface area contributed by atoms with E-state index in [9.17, 15) is 17.6 Å². The summed E-state index contributed by atoms with van der Waals surface area (Å²) in [6.45, 7) is -0.680. The molecule has 1 saturated heterocycles. The summed E-state index contributed by atoms with van der Waals surface area (Å²) in [5.41, 5.74) is 0. The highest BCUT2D eigenvalue weighted by Crippen LogP contribution is 2.25. The maximum absolute atomic E-state index is 12.4. The SMILES string of the molecule is FC(F)[C@@]1(F)N[C@H](F)CO1. The Morgan fingerprint density at radius 3 is 2.40 bits per heavy atom. The van der Waals surface area contributed by atoms with Gasteiger partial charge in [-0.25, -0.2) is 18.5 Å². The van der Waals surface area contributed by atoms with Gasteiger partial charge in [0.05, 0.1) is 6.61 Å². The molecule has 1 rings (SSSR count). The first-order valence-electron chi connectivity index (χ1n) is 2.57. The molecule has 0 bridgehead atoms. The molecular weight excluding hydrogens is 154 g/mol. The lowest BCUT2D eigenvalue weighted by Crippen LogP contribution is -2.45. The maximum atomic E-state index is 12.4. The highest BCUT2D eigenvalue weighted by molar-refractivity contribution is 4.76. The van der Waals surface area contributed by atoms with Crippen molar-refractivity contribution in [2.24, 2.45) is 0 Å². The molecule has 2 nitrogen and oxygen atoms in total. The van der Waals surface area contributed by atoms with Crippen molar-refractivity contribution in [3.63, 3.8) is 0 Å². The van der Waals surface area contributed by atoms with Crippen molar-refractivity contribution < 1.29 is 22.3 Å². The third-order valence-corrected chi connectivity index (χ3v) is 1.07. The van der Waals surface area contributed by atoms with Crippen LogP contribution < -0.4 is 5.32 Å². The van der Waals surface area contributed by atoms with E-state index in [1.54, 1.807) is 0 Å². The van der Waals surface area contributed by atoms with Gasteiger partial charge in [-0.15, -0.1) is 0 Å². The molecule has 0 aromatic heterocycles. The normalized spacial score (nSPS) is 41.1. The first-order valence-corrected chi connectivity index (χ1v) is 2.57. The quantitative estimate of drug-likeness (QED) is 0.451. The number of alkyl halides is 4. The van der Waals surface area contributed by atoms with Crippen LogP contribution in [0.15, 0.2) is 0 Å². The Morgan fingerprint density at radius 1 is 1.60 bits per heavy atom. The van der Waals surface area contributed by atoms with Gasteiger partial charge in [-0.3, -0.25) is 0 Å². The zero-order valence-corrected chi connectivity index (χ0v) is 4.78. The summed E-state index contributed by atoms with van der Waals surface area (Å²) < 4.78 is 51.3.